The fourth-order valence-electron chi connectivity index (χ4n) is 1.29. The average Bonchev–Trinajstić information content (AvgIpc) is 2.13. The molecule has 1 aromatic rings. The molecule has 0 aliphatic carbocycles. The summed E-state index contributed by atoms with van der Waals surface area (Å²) in [5.41, 5.74) is 0.533. The molecular weight excluding hydrogens is 190 g/mol. The van der Waals surface area contributed by atoms with Crippen molar-refractivity contribution in [2.24, 2.45) is 0 Å². The van der Waals surface area contributed by atoms with Crippen molar-refractivity contribution in [3.63, 3.8) is 0 Å². The van der Waals surface area contributed by atoms with E-state index in [1.54, 1.807) is 12.1 Å². The molecule has 0 nitrogen and oxygen atoms in total. The Bertz CT molecular complexity index is 358. The van der Waals surface area contributed by atoms with E-state index < -0.39 is 5.92 Å². The van der Waals surface area contributed by atoms with E-state index in [4.69, 9.17) is 0 Å². The molecular formula is C10H8F2S. The molecule has 0 N–H and O–H groups in total. The van der Waals surface area contributed by atoms with Crippen LogP contribution < -0.4 is 0 Å². The van der Waals surface area contributed by atoms with Gasteiger partial charge in [0.05, 0.1) is 5.75 Å². The molecule has 68 valence electrons. The number of allylic oxidation sites excluding steroid dienone is 1. The monoisotopic (exact) mass is 198 g/mol. The number of halogens is 2. The first kappa shape index (κ1) is 8.75. The molecule has 1 aliphatic rings. The summed E-state index contributed by atoms with van der Waals surface area (Å²) in [6.45, 7) is 3.44. The van der Waals surface area contributed by atoms with Crippen LogP contribution in [0, 0.1) is 0 Å². The molecule has 0 unspecified atom stereocenters. The molecule has 1 aliphatic heterocycles. The lowest BCUT2D eigenvalue weighted by atomic mass is 10.0. The van der Waals surface area contributed by atoms with Gasteiger partial charge >= 0.3 is 0 Å². The highest BCUT2D eigenvalue weighted by Gasteiger charge is 2.38. The van der Waals surface area contributed by atoms with Crippen molar-refractivity contribution in [3.8, 4) is 0 Å². The Morgan fingerprint density at radius 1 is 1.31 bits per heavy atom. The lowest BCUT2D eigenvalue weighted by Crippen LogP contribution is -2.24. The van der Waals surface area contributed by atoms with E-state index in [9.17, 15) is 8.78 Å². The van der Waals surface area contributed by atoms with Crippen LogP contribution in [-0.4, -0.2) is 11.7 Å². The topological polar surface area (TPSA) is 0 Å². The summed E-state index contributed by atoms with van der Waals surface area (Å²) in [6, 6.07) is 7.15. The highest BCUT2D eigenvalue weighted by molar-refractivity contribution is 7.99. The number of benzene rings is 1. The molecule has 0 radical (unpaired) electrons. The van der Waals surface area contributed by atoms with Crippen molar-refractivity contribution in [1.82, 2.24) is 0 Å². The second-order valence-corrected chi connectivity index (χ2v) is 3.99. The van der Waals surface area contributed by atoms with E-state index in [1.807, 2.05) is 12.1 Å². The van der Waals surface area contributed by atoms with Crippen molar-refractivity contribution in [2.75, 3.05) is 5.75 Å². The first-order valence-corrected chi connectivity index (χ1v) is 4.89. The van der Waals surface area contributed by atoms with Gasteiger partial charge in [-0.15, -0.1) is 11.8 Å². The van der Waals surface area contributed by atoms with Gasteiger partial charge in [0, 0.05) is 10.5 Å². The molecule has 1 heterocycles. The molecule has 13 heavy (non-hydrogen) atoms. The van der Waals surface area contributed by atoms with Crippen LogP contribution in [-0.2, 0) is 0 Å². The molecule has 3 heteroatoms. The van der Waals surface area contributed by atoms with E-state index in [2.05, 4.69) is 6.58 Å². The Balaban J connectivity index is 2.52. The van der Waals surface area contributed by atoms with Gasteiger partial charge in [-0.05, 0) is 11.6 Å². The third kappa shape index (κ3) is 1.37. The van der Waals surface area contributed by atoms with Crippen LogP contribution >= 0.6 is 11.8 Å². The van der Waals surface area contributed by atoms with Crippen LogP contribution in [0.4, 0.5) is 8.78 Å². The lowest BCUT2D eigenvalue weighted by Gasteiger charge is -2.25. The Kier molecular flexibility index (Phi) is 1.91. The second-order valence-electron chi connectivity index (χ2n) is 2.97. The summed E-state index contributed by atoms with van der Waals surface area (Å²) in [5.74, 6) is -2.94. The number of fused-ring (bicyclic) bond motifs is 1. The Morgan fingerprint density at radius 3 is 2.77 bits per heavy atom. The van der Waals surface area contributed by atoms with E-state index in [0.29, 0.717) is 5.56 Å². The van der Waals surface area contributed by atoms with Gasteiger partial charge in [0.15, 0.2) is 0 Å². The Labute approximate surface area is 79.6 Å². The predicted molar refractivity (Wildman–Crippen MR) is 51.1 cm³/mol. The van der Waals surface area contributed by atoms with E-state index in [0.717, 1.165) is 4.90 Å². The molecule has 0 fully saturated rings. The summed E-state index contributed by atoms with van der Waals surface area (Å²) < 4.78 is 26.3. The molecule has 1 aromatic carbocycles. The van der Waals surface area contributed by atoms with Crippen molar-refractivity contribution >= 4 is 17.3 Å². The zero-order valence-corrected chi connectivity index (χ0v) is 7.70. The molecule has 0 atom stereocenters. The average molecular weight is 198 g/mol. The van der Waals surface area contributed by atoms with Crippen LogP contribution in [0.2, 0.25) is 0 Å². The molecule has 0 amide bonds. The van der Waals surface area contributed by atoms with Gasteiger partial charge in [-0.25, -0.2) is 8.78 Å². The van der Waals surface area contributed by atoms with E-state index in [-0.39, 0.29) is 11.3 Å². The van der Waals surface area contributed by atoms with Gasteiger partial charge in [0.25, 0.3) is 5.92 Å². The molecule has 0 saturated carbocycles. The van der Waals surface area contributed by atoms with Gasteiger partial charge < -0.3 is 0 Å². The molecule has 0 saturated heterocycles. The van der Waals surface area contributed by atoms with Crippen LogP contribution in [0.15, 0.2) is 35.7 Å². The zero-order chi connectivity index (χ0) is 9.47. The predicted octanol–water partition coefficient (Wildman–Crippen LogP) is 3.44. The van der Waals surface area contributed by atoms with Gasteiger partial charge in [-0.2, -0.15) is 0 Å². The first-order valence-electron chi connectivity index (χ1n) is 3.91. The largest absolute Gasteiger partial charge is 0.282 e. The summed E-state index contributed by atoms with van der Waals surface area (Å²) >= 11 is 1.19. The number of hydrogen-bond acceptors (Lipinski definition) is 1. The van der Waals surface area contributed by atoms with Crippen molar-refractivity contribution in [3.05, 3.63) is 36.4 Å². The summed E-state index contributed by atoms with van der Waals surface area (Å²) in [6.07, 6.45) is 0. The Morgan fingerprint density at radius 2 is 2.00 bits per heavy atom. The van der Waals surface area contributed by atoms with Crippen molar-refractivity contribution in [1.29, 1.82) is 0 Å². The maximum Gasteiger partial charge on any atom is 0.282 e. The quantitative estimate of drug-likeness (QED) is 0.615. The van der Waals surface area contributed by atoms with Gasteiger partial charge in [-0.3, -0.25) is 0 Å². The van der Waals surface area contributed by atoms with E-state index in [1.165, 1.54) is 11.8 Å². The summed E-state index contributed by atoms with van der Waals surface area (Å²) in [7, 11) is 0. The molecule has 2 rings (SSSR count). The van der Waals surface area contributed by atoms with Gasteiger partial charge in [0.1, 0.15) is 0 Å². The van der Waals surface area contributed by atoms with Crippen LogP contribution in [0.3, 0.4) is 0 Å². The van der Waals surface area contributed by atoms with Crippen molar-refractivity contribution in [2.45, 2.75) is 10.8 Å². The maximum atomic E-state index is 13.2. The van der Waals surface area contributed by atoms with Crippen LogP contribution in [0.25, 0.3) is 5.57 Å². The first-order chi connectivity index (χ1) is 6.11. The second kappa shape index (κ2) is 2.84. The van der Waals surface area contributed by atoms with E-state index >= 15 is 0 Å². The molecule has 0 spiro atoms. The van der Waals surface area contributed by atoms with Crippen LogP contribution in [0.1, 0.15) is 5.56 Å². The number of rotatable bonds is 0. The molecule has 0 aromatic heterocycles. The van der Waals surface area contributed by atoms with Gasteiger partial charge in [-0.1, -0.05) is 24.8 Å². The minimum atomic E-state index is -2.75. The number of thioether (sulfide) groups is 1. The van der Waals surface area contributed by atoms with Crippen LogP contribution in [0.5, 0.6) is 0 Å². The smallest absolute Gasteiger partial charge is 0.200 e. The minimum absolute atomic E-state index is 0.0538. The van der Waals surface area contributed by atoms with Crippen molar-refractivity contribution < 1.29 is 8.78 Å². The summed E-state index contributed by atoms with van der Waals surface area (Å²) in [4.78, 5) is 0.901. The summed E-state index contributed by atoms with van der Waals surface area (Å²) in [5, 5.41) is 0. The third-order valence-electron chi connectivity index (χ3n) is 2.06. The van der Waals surface area contributed by atoms with Gasteiger partial charge in [0.2, 0.25) is 0 Å². The number of alkyl halides is 2. The fourth-order valence-corrected chi connectivity index (χ4v) is 2.33. The third-order valence-corrected chi connectivity index (χ3v) is 3.24. The zero-order valence-electron chi connectivity index (χ0n) is 6.89. The maximum absolute atomic E-state index is 13.2. The fraction of sp³-hybridized carbons (Fsp3) is 0.200. The normalized spacial score (nSPS) is 19.7. The minimum Gasteiger partial charge on any atom is -0.200 e. The number of hydrogen-bond donors (Lipinski definition) is 0. The highest BCUT2D eigenvalue weighted by Crippen LogP contribution is 2.44. The lowest BCUT2D eigenvalue weighted by molar-refractivity contribution is 0.0938. The molecule has 0 bridgehead atoms. The Hall–Kier alpha value is -0.830. The highest BCUT2D eigenvalue weighted by atomic mass is 32.2. The SMILES string of the molecule is C=C1c2ccccc2SCC1(F)F. The standard InChI is InChI=1S/C10H8F2S/c1-7-8-4-2-3-5-9(8)13-6-10(7,11)12/h2-5H,1,6H2.